The summed E-state index contributed by atoms with van der Waals surface area (Å²) in [4.78, 5) is 4.30. The highest BCUT2D eigenvalue weighted by atomic mass is 79.9. The standard InChI is InChI=1S/C14H19BrN4O/c1-10-13(11(2)19(18-10)6-7-20-3)9-17-14-5-4-12(15)8-16-14/h4-5,8H,6-7,9H2,1-3H3,(H,16,17). The van der Waals surface area contributed by atoms with Crippen LogP contribution in [0.15, 0.2) is 22.8 Å². The van der Waals surface area contributed by atoms with Crippen LogP contribution < -0.4 is 5.32 Å². The van der Waals surface area contributed by atoms with E-state index < -0.39 is 0 Å². The molecular weight excluding hydrogens is 320 g/mol. The number of hydrogen-bond donors (Lipinski definition) is 1. The minimum atomic E-state index is 0.670. The van der Waals surface area contributed by atoms with Gasteiger partial charge in [0.1, 0.15) is 5.82 Å². The van der Waals surface area contributed by atoms with Gasteiger partial charge >= 0.3 is 0 Å². The first-order valence-corrected chi connectivity index (χ1v) is 7.28. The molecule has 2 aromatic heterocycles. The van der Waals surface area contributed by atoms with Gasteiger partial charge in [-0.05, 0) is 41.9 Å². The summed E-state index contributed by atoms with van der Waals surface area (Å²) in [6, 6.07) is 3.92. The van der Waals surface area contributed by atoms with Gasteiger partial charge in [-0.2, -0.15) is 5.10 Å². The van der Waals surface area contributed by atoms with E-state index in [0.717, 1.165) is 29.1 Å². The summed E-state index contributed by atoms with van der Waals surface area (Å²) in [6.07, 6.45) is 1.78. The maximum absolute atomic E-state index is 5.10. The number of nitrogens with one attached hydrogen (secondary N) is 1. The second-order valence-electron chi connectivity index (χ2n) is 4.58. The molecule has 0 aromatic carbocycles. The van der Waals surface area contributed by atoms with Crippen LogP contribution in [0, 0.1) is 13.8 Å². The molecule has 0 aliphatic heterocycles. The summed E-state index contributed by atoms with van der Waals surface area (Å²) in [5.74, 6) is 0.858. The van der Waals surface area contributed by atoms with E-state index in [2.05, 4.69) is 38.3 Å². The molecule has 1 N–H and O–H groups in total. The summed E-state index contributed by atoms with van der Waals surface area (Å²) in [6.45, 7) is 6.28. The third kappa shape index (κ3) is 3.58. The topological polar surface area (TPSA) is 52.0 Å². The van der Waals surface area contributed by atoms with E-state index in [0.29, 0.717) is 6.61 Å². The van der Waals surface area contributed by atoms with Gasteiger partial charge < -0.3 is 10.1 Å². The number of nitrogens with zero attached hydrogens (tertiary/aromatic N) is 3. The van der Waals surface area contributed by atoms with Crippen molar-refractivity contribution in [3.05, 3.63) is 39.8 Å². The van der Waals surface area contributed by atoms with Gasteiger partial charge in [0.25, 0.3) is 0 Å². The number of aromatic nitrogens is 3. The average molecular weight is 339 g/mol. The van der Waals surface area contributed by atoms with Gasteiger partial charge in [-0.15, -0.1) is 0 Å². The lowest BCUT2D eigenvalue weighted by molar-refractivity contribution is 0.182. The lowest BCUT2D eigenvalue weighted by Crippen LogP contribution is -2.08. The molecule has 0 saturated carbocycles. The molecule has 0 aliphatic rings. The van der Waals surface area contributed by atoms with E-state index in [1.807, 2.05) is 23.7 Å². The zero-order valence-electron chi connectivity index (χ0n) is 12.0. The minimum absolute atomic E-state index is 0.670. The molecule has 6 heteroatoms. The first-order valence-electron chi connectivity index (χ1n) is 6.49. The van der Waals surface area contributed by atoms with Gasteiger partial charge in [0, 0.05) is 35.6 Å². The van der Waals surface area contributed by atoms with Crippen molar-refractivity contribution in [2.75, 3.05) is 19.0 Å². The molecule has 0 spiro atoms. The highest BCUT2D eigenvalue weighted by Gasteiger charge is 2.11. The molecule has 0 unspecified atom stereocenters. The second-order valence-corrected chi connectivity index (χ2v) is 5.50. The Morgan fingerprint density at radius 1 is 1.35 bits per heavy atom. The summed E-state index contributed by atoms with van der Waals surface area (Å²) in [5, 5.41) is 7.87. The van der Waals surface area contributed by atoms with Crippen LogP contribution in [0.1, 0.15) is 17.0 Å². The van der Waals surface area contributed by atoms with Gasteiger partial charge in [-0.1, -0.05) is 0 Å². The Balaban J connectivity index is 2.05. The van der Waals surface area contributed by atoms with Crippen LogP contribution in [0.4, 0.5) is 5.82 Å². The molecule has 0 radical (unpaired) electrons. The Kier molecular flexibility index (Phi) is 5.14. The third-order valence-corrected chi connectivity index (χ3v) is 3.68. The Bertz CT molecular complexity index is 565. The number of hydrogen-bond acceptors (Lipinski definition) is 4. The largest absolute Gasteiger partial charge is 0.383 e. The molecule has 0 amide bonds. The number of methoxy groups -OCH3 is 1. The smallest absolute Gasteiger partial charge is 0.126 e. The van der Waals surface area contributed by atoms with Gasteiger partial charge in [0.15, 0.2) is 0 Å². The Hall–Kier alpha value is -1.40. The number of ether oxygens (including phenoxy) is 1. The molecule has 0 bridgehead atoms. The first-order chi connectivity index (χ1) is 9.61. The number of rotatable bonds is 6. The van der Waals surface area contributed by atoms with Crippen LogP contribution in [0.3, 0.4) is 0 Å². The zero-order valence-corrected chi connectivity index (χ0v) is 13.6. The van der Waals surface area contributed by atoms with Crippen LogP contribution in [0.25, 0.3) is 0 Å². The lowest BCUT2D eigenvalue weighted by Gasteiger charge is -2.07. The maximum atomic E-state index is 5.10. The van der Waals surface area contributed by atoms with Crippen molar-refractivity contribution < 1.29 is 4.74 Å². The fraction of sp³-hybridized carbons (Fsp3) is 0.429. The molecule has 0 atom stereocenters. The van der Waals surface area contributed by atoms with E-state index in [1.54, 1.807) is 13.3 Å². The van der Waals surface area contributed by atoms with E-state index in [9.17, 15) is 0 Å². The predicted octanol–water partition coefficient (Wildman–Crippen LogP) is 2.92. The Labute approximate surface area is 127 Å². The molecular formula is C14H19BrN4O. The highest BCUT2D eigenvalue weighted by molar-refractivity contribution is 9.10. The summed E-state index contributed by atoms with van der Waals surface area (Å²) < 4.78 is 8.07. The van der Waals surface area contributed by atoms with Crippen LogP contribution in [0.2, 0.25) is 0 Å². The van der Waals surface area contributed by atoms with Crippen molar-refractivity contribution in [2.45, 2.75) is 26.9 Å². The molecule has 20 heavy (non-hydrogen) atoms. The number of anilines is 1. The van der Waals surface area contributed by atoms with Crippen LogP contribution >= 0.6 is 15.9 Å². The molecule has 2 aromatic rings. The Morgan fingerprint density at radius 3 is 2.80 bits per heavy atom. The second kappa shape index (κ2) is 6.85. The normalized spacial score (nSPS) is 10.8. The van der Waals surface area contributed by atoms with Crippen molar-refractivity contribution in [1.82, 2.24) is 14.8 Å². The minimum Gasteiger partial charge on any atom is -0.383 e. The van der Waals surface area contributed by atoms with Crippen LogP contribution in [-0.4, -0.2) is 28.5 Å². The van der Waals surface area contributed by atoms with Crippen molar-refractivity contribution in [3.8, 4) is 0 Å². The first kappa shape index (κ1) is 15.0. The van der Waals surface area contributed by atoms with Crippen molar-refractivity contribution in [1.29, 1.82) is 0 Å². The molecule has 0 aliphatic carbocycles. The number of pyridine rings is 1. The van der Waals surface area contributed by atoms with Gasteiger partial charge in [-0.3, -0.25) is 4.68 Å². The highest BCUT2D eigenvalue weighted by Crippen LogP contribution is 2.16. The summed E-state index contributed by atoms with van der Waals surface area (Å²) in [7, 11) is 1.70. The fourth-order valence-electron chi connectivity index (χ4n) is 2.04. The van der Waals surface area contributed by atoms with Gasteiger partial charge in [-0.25, -0.2) is 4.98 Å². The van der Waals surface area contributed by atoms with E-state index >= 15 is 0 Å². The van der Waals surface area contributed by atoms with Crippen LogP contribution in [0.5, 0.6) is 0 Å². The van der Waals surface area contributed by atoms with E-state index in [-0.39, 0.29) is 0 Å². The fourth-order valence-corrected chi connectivity index (χ4v) is 2.28. The van der Waals surface area contributed by atoms with Crippen LogP contribution in [-0.2, 0) is 17.8 Å². The van der Waals surface area contributed by atoms with E-state index in [4.69, 9.17) is 4.74 Å². The summed E-state index contributed by atoms with van der Waals surface area (Å²) >= 11 is 3.38. The van der Waals surface area contributed by atoms with E-state index in [1.165, 1.54) is 11.3 Å². The molecule has 2 heterocycles. The quantitative estimate of drug-likeness (QED) is 0.879. The molecule has 2 rings (SSSR count). The molecule has 108 valence electrons. The summed E-state index contributed by atoms with van der Waals surface area (Å²) in [5.41, 5.74) is 3.43. The van der Waals surface area contributed by atoms with Gasteiger partial charge in [0.05, 0.1) is 18.8 Å². The maximum Gasteiger partial charge on any atom is 0.126 e. The number of halogens is 1. The van der Waals surface area contributed by atoms with Crippen molar-refractivity contribution in [3.63, 3.8) is 0 Å². The average Bonchev–Trinajstić information content (AvgIpc) is 2.71. The predicted molar refractivity (Wildman–Crippen MR) is 82.8 cm³/mol. The SMILES string of the molecule is COCCn1nc(C)c(CNc2ccc(Br)cn2)c1C. The molecule has 0 fully saturated rings. The Morgan fingerprint density at radius 2 is 2.15 bits per heavy atom. The zero-order chi connectivity index (χ0) is 14.5. The molecule has 5 nitrogen and oxygen atoms in total. The lowest BCUT2D eigenvalue weighted by atomic mass is 10.2. The van der Waals surface area contributed by atoms with Crippen molar-refractivity contribution >= 4 is 21.7 Å². The monoisotopic (exact) mass is 338 g/mol. The third-order valence-electron chi connectivity index (χ3n) is 3.21. The van der Waals surface area contributed by atoms with Gasteiger partial charge in [0.2, 0.25) is 0 Å². The van der Waals surface area contributed by atoms with Crippen molar-refractivity contribution in [2.24, 2.45) is 0 Å². The number of aryl methyl sites for hydroxylation is 1. The molecule has 0 saturated heterocycles.